The van der Waals surface area contributed by atoms with Crippen molar-refractivity contribution in [3.8, 4) is 5.75 Å². The van der Waals surface area contributed by atoms with E-state index in [-0.39, 0.29) is 0 Å². The van der Waals surface area contributed by atoms with Gasteiger partial charge in [0.05, 0.1) is 11.2 Å². The minimum atomic E-state index is 0.481. The Labute approximate surface area is 106 Å². The standard InChI is InChI=1S/C16H12NO/c1-2-7-15(8-3-1)18-12-14-11-10-13-6-4-5-9-16(13)17-14/h2-11H,12H2. The first-order chi connectivity index (χ1) is 8.92. The fourth-order valence-electron chi connectivity index (χ4n) is 1.81. The van der Waals surface area contributed by atoms with Gasteiger partial charge in [-0.1, -0.05) is 36.4 Å². The van der Waals surface area contributed by atoms with Crippen LogP contribution < -0.4 is 4.74 Å². The minimum absolute atomic E-state index is 0.481. The molecule has 0 spiro atoms. The third-order valence-corrected chi connectivity index (χ3v) is 2.73. The smallest absolute Gasteiger partial charge is 0.130 e. The first kappa shape index (κ1) is 10.8. The summed E-state index contributed by atoms with van der Waals surface area (Å²) in [6.07, 6.45) is 0. The summed E-state index contributed by atoms with van der Waals surface area (Å²) in [5.41, 5.74) is 1.93. The van der Waals surface area contributed by atoms with Crippen molar-refractivity contribution in [2.45, 2.75) is 6.61 Å². The average Bonchev–Trinajstić information content (AvgIpc) is 2.46. The number of ether oxygens (including phenoxy) is 1. The fourth-order valence-corrected chi connectivity index (χ4v) is 1.81. The second-order valence-electron chi connectivity index (χ2n) is 4.02. The molecule has 0 aliphatic heterocycles. The predicted octanol–water partition coefficient (Wildman–Crippen LogP) is 3.61. The fraction of sp³-hybridized carbons (Fsp3) is 0.0625. The Morgan fingerprint density at radius 1 is 0.944 bits per heavy atom. The van der Waals surface area contributed by atoms with E-state index in [1.54, 1.807) is 0 Å². The second-order valence-corrected chi connectivity index (χ2v) is 4.02. The van der Waals surface area contributed by atoms with E-state index in [4.69, 9.17) is 4.74 Å². The highest BCUT2D eigenvalue weighted by Gasteiger charge is 1.99. The molecule has 0 N–H and O–H groups in total. The summed E-state index contributed by atoms with van der Waals surface area (Å²) in [4.78, 5) is 4.56. The van der Waals surface area contributed by atoms with E-state index in [9.17, 15) is 0 Å². The van der Waals surface area contributed by atoms with Crippen molar-refractivity contribution in [2.75, 3.05) is 0 Å². The zero-order chi connectivity index (χ0) is 12.2. The molecule has 87 valence electrons. The van der Waals surface area contributed by atoms with Gasteiger partial charge in [-0.2, -0.15) is 0 Å². The Balaban J connectivity index is 1.79. The molecule has 0 aliphatic carbocycles. The maximum atomic E-state index is 5.66. The lowest BCUT2D eigenvalue weighted by Crippen LogP contribution is -1.98. The molecule has 0 bridgehead atoms. The summed E-state index contributed by atoms with van der Waals surface area (Å²) in [6.45, 7) is 0.481. The molecule has 2 nitrogen and oxygen atoms in total. The SMILES string of the molecule is [c]1ccc(OCc2ccc3ccccc3n2)cc1. The number of benzene rings is 2. The van der Waals surface area contributed by atoms with Crippen LogP contribution in [-0.2, 0) is 6.61 Å². The highest BCUT2D eigenvalue weighted by Crippen LogP contribution is 2.14. The minimum Gasteiger partial charge on any atom is -0.487 e. The van der Waals surface area contributed by atoms with Crippen LogP contribution in [0.15, 0.2) is 60.7 Å². The number of para-hydroxylation sites is 1. The molecule has 2 aromatic carbocycles. The van der Waals surface area contributed by atoms with Crippen LogP contribution >= 0.6 is 0 Å². The van der Waals surface area contributed by atoms with E-state index in [1.165, 1.54) is 0 Å². The maximum absolute atomic E-state index is 5.66. The molecule has 1 radical (unpaired) electrons. The molecule has 2 heteroatoms. The van der Waals surface area contributed by atoms with Crippen molar-refractivity contribution in [2.24, 2.45) is 0 Å². The van der Waals surface area contributed by atoms with Gasteiger partial charge < -0.3 is 4.74 Å². The van der Waals surface area contributed by atoms with Crippen molar-refractivity contribution >= 4 is 10.9 Å². The number of pyridine rings is 1. The molecule has 18 heavy (non-hydrogen) atoms. The van der Waals surface area contributed by atoms with Gasteiger partial charge in [-0.15, -0.1) is 0 Å². The lowest BCUT2D eigenvalue weighted by atomic mass is 10.2. The zero-order valence-corrected chi connectivity index (χ0v) is 9.84. The summed E-state index contributed by atoms with van der Waals surface area (Å²) in [6, 6.07) is 22.6. The van der Waals surface area contributed by atoms with E-state index < -0.39 is 0 Å². The zero-order valence-electron chi connectivity index (χ0n) is 9.84. The lowest BCUT2D eigenvalue weighted by Gasteiger charge is -2.06. The summed E-state index contributed by atoms with van der Waals surface area (Å²) >= 11 is 0. The Bertz CT molecular complexity index is 649. The maximum Gasteiger partial charge on any atom is 0.130 e. The Morgan fingerprint density at radius 3 is 2.67 bits per heavy atom. The summed E-state index contributed by atoms with van der Waals surface area (Å²) in [5.74, 6) is 0.837. The van der Waals surface area contributed by atoms with E-state index in [0.717, 1.165) is 22.3 Å². The molecular formula is C16H12NO. The van der Waals surface area contributed by atoms with Crippen molar-refractivity contribution < 1.29 is 4.74 Å². The second kappa shape index (κ2) is 4.88. The van der Waals surface area contributed by atoms with Crippen LogP contribution in [0.5, 0.6) is 5.75 Å². The van der Waals surface area contributed by atoms with E-state index in [1.807, 2.05) is 48.5 Å². The van der Waals surface area contributed by atoms with Crippen LogP contribution in [0.25, 0.3) is 10.9 Å². The number of hydrogen-bond donors (Lipinski definition) is 0. The molecule has 3 aromatic rings. The van der Waals surface area contributed by atoms with Gasteiger partial charge in [0.1, 0.15) is 12.4 Å². The molecule has 0 aliphatic rings. The third kappa shape index (κ3) is 2.33. The molecule has 1 heterocycles. The normalized spacial score (nSPS) is 10.4. The molecule has 0 saturated heterocycles. The van der Waals surface area contributed by atoms with Crippen LogP contribution in [-0.4, -0.2) is 4.98 Å². The van der Waals surface area contributed by atoms with Crippen molar-refractivity contribution in [1.82, 2.24) is 4.98 Å². The Morgan fingerprint density at radius 2 is 1.78 bits per heavy atom. The third-order valence-electron chi connectivity index (χ3n) is 2.73. The summed E-state index contributed by atoms with van der Waals surface area (Å²) in [7, 11) is 0. The predicted molar refractivity (Wildman–Crippen MR) is 71.4 cm³/mol. The lowest BCUT2D eigenvalue weighted by molar-refractivity contribution is 0.302. The van der Waals surface area contributed by atoms with Crippen LogP contribution in [0, 0.1) is 6.07 Å². The number of rotatable bonds is 3. The summed E-state index contributed by atoms with van der Waals surface area (Å²) < 4.78 is 5.66. The molecule has 0 unspecified atom stereocenters. The van der Waals surface area contributed by atoms with Crippen LogP contribution in [0.3, 0.4) is 0 Å². The van der Waals surface area contributed by atoms with Crippen LogP contribution in [0.4, 0.5) is 0 Å². The van der Waals surface area contributed by atoms with Gasteiger partial charge in [-0.25, -0.2) is 4.98 Å². The first-order valence-electron chi connectivity index (χ1n) is 5.85. The van der Waals surface area contributed by atoms with E-state index >= 15 is 0 Å². The van der Waals surface area contributed by atoms with E-state index in [2.05, 4.69) is 23.2 Å². The number of hydrogen-bond acceptors (Lipinski definition) is 2. The van der Waals surface area contributed by atoms with Gasteiger partial charge in [0.15, 0.2) is 0 Å². The quantitative estimate of drug-likeness (QED) is 0.690. The Kier molecular flexibility index (Phi) is 2.92. The molecule has 0 atom stereocenters. The van der Waals surface area contributed by atoms with Crippen molar-refractivity contribution in [3.05, 3.63) is 72.4 Å². The largest absolute Gasteiger partial charge is 0.487 e. The van der Waals surface area contributed by atoms with Gasteiger partial charge in [-0.05, 0) is 30.3 Å². The van der Waals surface area contributed by atoms with Crippen LogP contribution in [0.1, 0.15) is 5.69 Å². The molecule has 0 saturated carbocycles. The number of nitrogens with zero attached hydrogens (tertiary/aromatic N) is 1. The van der Waals surface area contributed by atoms with Gasteiger partial charge in [-0.3, -0.25) is 0 Å². The summed E-state index contributed by atoms with van der Waals surface area (Å²) in [5, 5.41) is 1.15. The number of aromatic nitrogens is 1. The molecule has 0 fully saturated rings. The van der Waals surface area contributed by atoms with Gasteiger partial charge >= 0.3 is 0 Å². The molecule has 3 rings (SSSR count). The molecule has 1 aromatic heterocycles. The molecule has 0 amide bonds. The highest BCUT2D eigenvalue weighted by molar-refractivity contribution is 5.78. The highest BCUT2D eigenvalue weighted by atomic mass is 16.5. The Hall–Kier alpha value is -2.35. The topological polar surface area (TPSA) is 22.1 Å². The van der Waals surface area contributed by atoms with Gasteiger partial charge in [0.25, 0.3) is 0 Å². The van der Waals surface area contributed by atoms with Crippen molar-refractivity contribution in [1.29, 1.82) is 0 Å². The van der Waals surface area contributed by atoms with Gasteiger partial charge in [0.2, 0.25) is 0 Å². The van der Waals surface area contributed by atoms with Gasteiger partial charge in [0, 0.05) is 5.39 Å². The molecular weight excluding hydrogens is 222 g/mol. The number of fused-ring (bicyclic) bond motifs is 1. The van der Waals surface area contributed by atoms with Crippen molar-refractivity contribution in [3.63, 3.8) is 0 Å². The monoisotopic (exact) mass is 234 g/mol. The van der Waals surface area contributed by atoms with E-state index in [0.29, 0.717) is 6.61 Å². The first-order valence-corrected chi connectivity index (χ1v) is 5.85. The average molecular weight is 234 g/mol. The van der Waals surface area contributed by atoms with Crippen LogP contribution in [0.2, 0.25) is 0 Å².